The molecule has 37 heavy (non-hydrogen) atoms. The summed E-state index contributed by atoms with van der Waals surface area (Å²) in [4.78, 5) is 28.0. The predicted molar refractivity (Wildman–Crippen MR) is 142 cm³/mol. The smallest absolute Gasteiger partial charge is 0.300 e. The monoisotopic (exact) mass is 501 g/mol. The molecule has 1 atom stereocenters. The molecular formula is C30H31NO6. The maximum atomic E-state index is 13.3. The van der Waals surface area contributed by atoms with Crippen molar-refractivity contribution in [3.05, 3.63) is 89.5 Å². The molecule has 0 aromatic heterocycles. The number of rotatable bonds is 8. The van der Waals surface area contributed by atoms with Crippen LogP contribution in [-0.2, 0) is 9.59 Å². The molecule has 1 aliphatic heterocycles. The maximum Gasteiger partial charge on any atom is 0.300 e. The number of hydrogen-bond acceptors (Lipinski definition) is 6. The third kappa shape index (κ3) is 5.61. The molecule has 1 saturated heterocycles. The predicted octanol–water partition coefficient (Wildman–Crippen LogP) is 5.84. The molecule has 2 N–H and O–H groups in total. The van der Waals surface area contributed by atoms with Crippen LogP contribution in [0, 0.1) is 5.92 Å². The minimum atomic E-state index is -0.943. The highest BCUT2D eigenvalue weighted by atomic mass is 16.5. The molecule has 1 heterocycles. The Labute approximate surface area is 216 Å². The third-order valence-corrected chi connectivity index (χ3v) is 5.83. The van der Waals surface area contributed by atoms with Gasteiger partial charge in [0.05, 0.1) is 24.3 Å². The molecule has 7 nitrogen and oxygen atoms in total. The van der Waals surface area contributed by atoms with Gasteiger partial charge in [0.2, 0.25) is 0 Å². The number of aliphatic hydroxyl groups excluding tert-OH is 1. The SMILES string of the molecule is CC(C)COc1ccc(N2C(=O)C(=O)/C(=C(\O)c3ccc(OC(C)C)cc3)C2c2cccc(O)c2)cc1. The summed E-state index contributed by atoms with van der Waals surface area (Å²) < 4.78 is 11.4. The highest BCUT2D eigenvalue weighted by Gasteiger charge is 2.47. The van der Waals surface area contributed by atoms with Crippen LogP contribution in [0.15, 0.2) is 78.4 Å². The van der Waals surface area contributed by atoms with Crippen LogP contribution in [0.5, 0.6) is 17.2 Å². The molecule has 0 bridgehead atoms. The van der Waals surface area contributed by atoms with E-state index in [9.17, 15) is 19.8 Å². The number of benzene rings is 3. The Morgan fingerprint density at radius 1 is 0.919 bits per heavy atom. The molecular weight excluding hydrogens is 470 g/mol. The maximum absolute atomic E-state index is 13.3. The first-order valence-electron chi connectivity index (χ1n) is 12.3. The number of carbonyl (C=O) groups is 2. The number of amides is 1. The van der Waals surface area contributed by atoms with E-state index in [4.69, 9.17) is 9.47 Å². The molecule has 0 spiro atoms. The third-order valence-electron chi connectivity index (χ3n) is 5.83. The van der Waals surface area contributed by atoms with Crippen LogP contribution >= 0.6 is 0 Å². The average molecular weight is 502 g/mol. The lowest BCUT2D eigenvalue weighted by Gasteiger charge is -2.25. The van der Waals surface area contributed by atoms with Gasteiger partial charge in [-0.15, -0.1) is 0 Å². The van der Waals surface area contributed by atoms with Gasteiger partial charge in [0.25, 0.3) is 11.7 Å². The first-order chi connectivity index (χ1) is 17.7. The Kier molecular flexibility index (Phi) is 7.53. The van der Waals surface area contributed by atoms with Crippen LogP contribution in [-0.4, -0.2) is 34.6 Å². The molecule has 1 aliphatic rings. The van der Waals surface area contributed by atoms with E-state index in [2.05, 4.69) is 0 Å². The lowest BCUT2D eigenvalue weighted by atomic mass is 9.95. The largest absolute Gasteiger partial charge is 0.508 e. The lowest BCUT2D eigenvalue weighted by Crippen LogP contribution is -2.29. The fraction of sp³-hybridized carbons (Fsp3) is 0.267. The van der Waals surface area contributed by atoms with E-state index in [0.717, 1.165) is 0 Å². The minimum absolute atomic E-state index is 0.0160. The van der Waals surface area contributed by atoms with E-state index in [1.54, 1.807) is 60.7 Å². The Morgan fingerprint density at radius 2 is 1.57 bits per heavy atom. The zero-order valence-electron chi connectivity index (χ0n) is 21.3. The Bertz CT molecular complexity index is 1310. The van der Waals surface area contributed by atoms with Crippen LogP contribution in [0.25, 0.3) is 5.76 Å². The average Bonchev–Trinajstić information content (AvgIpc) is 3.13. The molecule has 0 aliphatic carbocycles. The zero-order valence-corrected chi connectivity index (χ0v) is 21.3. The topological polar surface area (TPSA) is 96.3 Å². The summed E-state index contributed by atoms with van der Waals surface area (Å²) in [7, 11) is 0. The van der Waals surface area contributed by atoms with Crippen molar-refractivity contribution in [2.45, 2.75) is 39.8 Å². The van der Waals surface area contributed by atoms with Crippen molar-refractivity contribution in [1.29, 1.82) is 0 Å². The van der Waals surface area contributed by atoms with E-state index < -0.39 is 17.7 Å². The van der Waals surface area contributed by atoms with Crippen LogP contribution in [0.3, 0.4) is 0 Å². The van der Waals surface area contributed by atoms with Gasteiger partial charge in [0, 0.05) is 11.3 Å². The Hall–Kier alpha value is -4.26. The van der Waals surface area contributed by atoms with E-state index in [1.807, 2.05) is 27.7 Å². The van der Waals surface area contributed by atoms with Crippen molar-refractivity contribution in [1.82, 2.24) is 0 Å². The van der Waals surface area contributed by atoms with Gasteiger partial charge in [-0.25, -0.2) is 0 Å². The van der Waals surface area contributed by atoms with Gasteiger partial charge in [-0.2, -0.15) is 0 Å². The van der Waals surface area contributed by atoms with Crippen molar-refractivity contribution in [2.24, 2.45) is 5.92 Å². The van der Waals surface area contributed by atoms with E-state index >= 15 is 0 Å². The van der Waals surface area contributed by atoms with E-state index in [-0.39, 0.29) is 23.2 Å². The Balaban J connectivity index is 1.78. The molecule has 1 amide bonds. The molecule has 3 aromatic carbocycles. The second-order valence-corrected chi connectivity index (χ2v) is 9.65. The number of ether oxygens (including phenoxy) is 2. The van der Waals surface area contributed by atoms with Crippen molar-refractivity contribution < 1.29 is 29.3 Å². The fourth-order valence-corrected chi connectivity index (χ4v) is 4.19. The summed E-state index contributed by atoms with van der Waals surface area (Å²) in [5.74, 6) is -0.283. The number of phenols is 1. The summed E-state index contributed by atoms with van der Waals surface area (Å²) >= 11 is 0. The first kappa shape index (κ1) is 25.8. The molecule has 1 unspecified atom stereocenters. The number of aromatic hydroxyl groups is 1. The molecule has 1 fully saturated rings. The number of anilines is 1. The quantitative estimate of drug-likeness (QED) is 0.229. The van der Waals surface area contributed by atoms with Gasteiger partial charge in [0.15, 0.2) is 0 Å². The highest BCUT2D eigenvalue weighted by Crippen LogP contribution is 2.43. The van der Waals surface area contributed by atoms with Gasteiger partial charge >= 0.3 is 0 Å². The molecule has 0 radical (unpaired) electrons. The van der Waals surface area contributed by atoms with Crippen molar-refractivity contribution in [3.8, 4) is 17.2 Å². The summed E-state index contributed by atoms with van der Waals surface area (Å²) in [6.45, 7) is 8.47. The van der Waals surface area contributed by atoms with Crippen molar-refractivity contribution in [2.75, 3.05) is 11.5 Å². The van der Waals surface area contributed by atoms with Crippen LogP contribution in [0.1, 0.15) is 44.9 Å². The standard InChI is InChI=1S/C30H31NO6/c1-18(2)17-36-24-14-10-22(11-15-24)31-27(21-6-5-7-23(32)16-21)26(29(34)30(31)35)28(33)20-8-12-25(13-9-20)37-19(3)4/h5-16,18-19,27,32-33H,17H2,1-4H3/b28-26-. The van der Waals surface area contributed by atoms with Gasteiger partial charge in [-0.1, -0.05) is 26.0 Å². The fourth-order valence-electron chi connectivity index (χ4n) is 4.19. The van der Waals surface area contributed by atoms with Crippen LogP contribution < -0.4 is 14.4 Å². The zero-order chi connectivity index (χ0) is 26.7. The molecule has 4 rings (SSSR count). The summed E-state index contributed by atoms with van der Waals surface area (Å²) in [5.41, 5.74) is 1.26. The summed E-state index contributed by atoms with van der Waals surface area (Å²) in [6, 6.07) is 18.9. The molecule has 192 valence electrons. The number of nitrogens with zero attached hydrogens (tertiary/aromatic N) is 1. The normalized spacial score (nSPS) is 17.0. The second-order valence-electron chi connectivity index (χ2n) is 9.65. The molecule has 0 saturated carbocycles. The highest BCUT2D eigenvalue weighted by molar-refractivity contribution is 6.51. The second kappa shape index (κ2) is 10.8. The molecule has 3 aromatic rings. The van der Waals surface area contributed by atoms with Gasteiger partial charge < -0.3 is 19.7 Å². The van der Waals surface area contributed by atoms with E-state index in [1.165, 1.54) is 17.0 Å². The summed E-state index contributed by atoms with van der Waals surface area (Å²) in [5, 5.41) is 21.4. The van der Waals surface area contributed by atoms with Crippen LogP contribution in [0.2, 0.25) is 0 Å². The van der Waals surface area contributed by atoms with Gasteiger partial charge in [0.1, 0.15) is 23.0 Å². The number of carbonyl (C=O) groups excluding carboxylic acids is 2. The first-order valence-corrected chi connectivity index (χ1v) is 12.3. The van der Waals surface area contributed by atoms with E-state index in [0.29, 0.717) is 40.8 Å². The number of Topliss-reactive ketones (excluding diaryl/α,β-unsaturated/α-hetero) is 1. The minimum Gasteiger partial charge on any atom is -0.508 e. The van der Waals surface area contributed by atoms with Crippen molar-refractivity contribution in [3.63, 3.8) is 0 Å². The number of aliphatic hydroxyl groups is 1. The number of phenolic OH excluding ortho intramolecular Hbond substituents is 1. The summed E-state index contributed by atoms with van der Waals surface area (Å²) in [6.07, 6.45) is -0.0160. The number of hydrogen-bond donors (Lipinski definition) is 2. The van der Waals surface area contributed by atoms with Crippen molar-refractivity contribution >= 4 is 23.1 Å². The Morgan fingerprint density at radius 3 is 2.16 bits per heavy atom. The molecule has 7 heteroatoms. The lowest BCUT2D eigenvalue weighted by molar-refractivity contribution is -0.132. The van der Waals surface area contributed by atoms with Crippen LogP contribution in [0.4, 0.5) is 5.69 Å². The van der Waals surface area contributed by atoms with Gasteiger partial charge in [-0.05, 0) is 86.0 Å². The van der Waals surface area contributed by atoms with Gasteiger partial charge in [-0.3, -0.25) is 14.5 Å². The number of ketones is 1.